The van der Waals surface area contributed by atoms with Crippen molar-refractivity contribution in [3.05, 3.63) is 29.8 Å². The number of hydrogen-bond donors (Lipinski definition) is 0. The number of rotatable bonds is 7. The van der Waals surface area contributed by atoms with Crippen LogP contribution in [-0.2, 0) is 16.3 Å². The Morgan fingerprint density at radius 1 is 1.17 bits per heavy atom. The van der Waals surface area contributed by atoms with Gasteiger partial charge in [0.05, 0.1) is 10.6 Å². The van der Waals surface area contributed by atoms with Crippen molar-refractivity contribution in [2.75, 3.05) is 25.4 Å². The highest BCUT2D eigenvalue weighted by molar-refractivity contribution is 7.91. The number of likely N-dealkylation sites (tertiary alicyclic amines) is 1. The zero-order valence-corrected chi connectivity index (χ0v) is 16.5. The molecule has 1 heterocycles. The van der Waals surface area contributed by atoms with Crippen molar-refractivity contribution in [1.82, 2.24) is 4.90 Å². The first kappa shape index (κ1) is 19.5. The molecule has 3 nitrogen and oxygen atoms in total. The first-order chi connectivity index (χ1) is 11.3. The summed E-state index contributed by atoms with van der Waals surface area (Å²) in [5, 5.41) is 0. The molecular weight excluding hydrogens is 318 g/mol. The molecule has 0 saturated carbocycles. The molecule has 1 aromatic carbocycles. The highest BCUT2D eigenvalue weighted by Gasteiger charge is 2.22. The van der Waals surface area contributed by atoms with E-state index in [2.05, 4.69) is 31.7 Å². The van der Waals surface area contributed by atoms with Crippen molar-refractivity contribution >= 4 is 9.84 Å². The van der Waals surface area contributed by atoms with Gasteiger partial charge in [-0.15, -0.1) is 0 Å². The van der Waals surface area contributed by atoms with Gasteiger partial charge in [0, 0.05) is 6.54 Å². The van der Waals surface area contributed by atoms with Crippen molar-refractivity contribution in [2.24, 2.45) is 17.8 Å². The minimum Gasteiger partial charge on any atom is -0.303 e. The quantitative estimate of drug-likeness (QED) is 0.744. The molecule has 0 spiro atoms. The van der Waals surface area contributed by atoms with E-state index in [9.17, 15) is 8.42 Å². The lowest BCUT2D eigenvalue weighted by atomic mass is 9.86. The van der Waals surface area contributed by atoms with Crippen molar-refractivity contribution in [3.63, 3.8) is 0 Å². The average Bonchev–Trinajstić information content (AvgIpc) is 2.55. The summed E-state index contributed by atoms with van der Waals surface area (Å²) >= 11 is 0. The van der Waals surface area contributed by atoms with Gasteiger partial charge in [-0.2, -0.15) is 0 Å². The van der Waals surface area contributed by atoms with E-state index in [0.29, 0.717) is 10.8 Å². The molecule has 0 aromatic heterocycles. The summed E-state index contributed by atoms with van der Waals surface area (Å²) in [6.07, 6.45) is 3.57. The van der Waals surface area contributed by atoms with Crippen LogP contribution in [0.2, 0.25) is 0 Å². The molecule has 0 aliphatic carbocycles. The van der Waals surface area contributed by atoms with Crippen LogP contribution in [0, 0.1) is 17.8 Å². The second-order valence-electron chi connectivity index (χ2n) is 7.74. The Hall–Kier alpha value is -0.870. The summed E-state index contributed by atoms with van der Waals surface area (Å²) in [7, 11) is -3.11. The van der Waals surface area contributed by atoms with E-state index in [1.165, 1.54) is 25.9 Å². The van der Waals surface area contributed by atoms with E-state index >= 15 is 0 Å². The smallest absolute Gasteiger partial charge is 0.178 e. The summed E-state index contributed by atoms with van der Waals surface area (Å²) in [6, 6.07) is 7.50. The Morgan fingerprint density at radius 2 is 1.83 bits per heavy atom. The Morgan fingerprint density at radius 3 is 2.42 bits per heavy atom. The largest absolute Gasteiger partial charge is 0.303 e. The molecule has 24 heavy (non-hydrogen) atoms. The highest BCUT2D eigenvalue weighted by Crippen LogP contribution is 2.25. The molecule has 0 amide bonds. The molecule has 1 fully saturated rings. The number of hydrogen-bond acceptors (Lipinski definition) is 3. The molecule has 1 aliphatic heterocycles. The maximum atomic E-state index is 12.0. The predicted octanol–water partition coefficient (Wildman–Crippen LogP) is 4.03. The van der Waals surface area contributed by atoms with E-state index in [1.54, 1.807) is 13.0 Å². The van der Waals surface area contributed by atoms with Gasteiger partial charge in [0.15, 0.2) is 9.84 Å². The monoisotopic (exact) mass is 351 g/mol. The van der Waals surface area contributed by atoms with Gasteiger partial charge >= 0.3 is 0 Å². The third kappa shape index (κ3) is 5.32. The second-order valence-corrected chi connectivity index (χ2v) is 10.0. The molecule has 1 aliphatic rings. The topological polar surface area (TPSA) is 37.4 Å². The van der Waals surface area contributed by atoms with Crippen molar-refractivity contribution in [3.8, 4) is 0 Å². The van der Waals surface area contributed by atoms with E-state index in [0.717, 1.165) is 30.4 Å². The maximum Gasteiger partial charge on any atom is 0.178 e. The normalized spacial score (nSPS) is 18.9. The van der Waals surface area contributed by atoms with E-state index < -0.39 is 9.84 Å². The van der Waals surface area contributed by atoms with E-state index in [1.807, 2.05) is 12.1 Å². The standard InChI is InChI=1S/C20H33NO2S/c1-5-24(22,23)20-8-6-7-18(14-20)13-17(4)15-21-11-9-19(10-12-21)16(2)3/h6-8,14,16-17,19H,5,9-13,15H2,1-4H3. The van der Waals surface area contributed by atoms with Crippen molar-refractivity contribution < 1.29 is 8.42 Å². The Kier molecular flexibility index (Phi) is 6.88. The van der Waals surface area contributed by atoms with Crippen LogP contribution in [0.3, 0.4) is 0 Å². The Balaban J connectivity index is 1.89. The lowest BCUT2D eigenvalue weighted by Crippen LogP contribution is -2.38. The number of nitrogens with zero attached hydrogens (tertiary/aromatic N) is 1. The number of piperidine rings is 1. The minimum absolute atomic E-state index is 0.163. The Bertz CT molecular complexity index is 616. The maximum absolute atomic E-state index is 12.0. The van der Waals surface area contributed by atoms with Gasteiger partial charge in [-0.05, 0) is 67.8 Å². The second kappa shape index (κ2) is 8.48. The van der Waals surface area contributed by atoms with Gasteiger partial charge in [-0.1, -0.05) is 39.8 Å². The van der Waals surface area contributed by atoms with E-state index in [4.69, 9.17) is 0 Å². The SMILES string of the molecule is CCS(=O)(=O)c1cccc(CC(C)CN2CCC(C(C)C)CC2)c1. The third-order valence-electron chi connectivity index (χ3n) is 5.37. The molecule has 1 aromatic rings. The van der Waals surface area contributed by atoms with Crippen LogP contribution >= 0.6 is 0 Å². The molecule has 1 atom stereocenters. The first-order valence-electron chi connectivity index (χ1n) is 9.36. The fourth-order valence-electron chi connectivity index (χ4n) is 3.74. The minimum atomic E-state index is -3.11. The summed E-state index contributed by atoms with van der Waals surface area (Å²) in [5.41, 5.74) is 1.13. The van der Waals surface area contributed by atoms with E-state index in [-0.39, 0.29) is 5.75 Å². The van der Waals surface area contributed by atoms with Gasteiger partial charge in [0.25, 0.3) is 0 Å². The van der Waals surface area contributed by atoms with Gasteiger partial charge in [0.2, 0.25) is 0 Å². The summed E-state index contributed by atoms with van der Waals surface area (Å²) < 4.78 is 24.1. The van der Waals surface area contributed by atoms with Gasteiger partial charge in [-0.3, -0.25) is 0 Å². The molecule has 0 bridgehead atoms. The van der Waals surface area contributed by atoms with Crippen LogP contribution in [0.4, 0.5) is 0 Å². The number of benzene rings is 1. The zero-order chi connectivity index (χ0) is 17.7. The molecule has 136 valence electrons. The van der Waals surface area contributed by atoms with Crippen LogP contribution < -0.4 is 0 Å². The predicted molar refractivity (Wildman–Crippen MR) is 101 cm³/mol. The molecule has 4 heteroatoms. The summed E-state index contributed by atoms with van der Waals surface area (Å²) in [6.45, 7) is 12.2. The summed E-state index contributed by atoms with van der Waals surface area (Å²) in [5.74, 6) is 2.39. The fourth-order valence-corrected chi connectivity index (χ4v) is 4.69. The molecule has 0 N–H and O–H groups in total. The molecular formula is C20H33NO2S. The van der Waals surface area contributed by atoms with Crippen LogP contribution in [0.1, 0.15) is 46.1 Å². The van der Waals surface area contributed by atoms with Gasteiger partial charge in [0.1, 0.15) is 0 Å². The van der Waals surface area contributed by atoms with Gasteiger partial charge in [-0.25, -0.2) is 8.42 Å². The number of sulfone groups is 1. The Labute approximate surface area is 148 Å². The first-order valence-corrected chi connectivity index (χ1v) is 11.0. The van der Waals surface area contributed by atoms with Gasteiger partial charge < -0.3 is 4.90 Å². The fraction of sp³-hybridized carbons (Fsp3) is 0.700. The van der Waals surface area contributed by atoms with Crippen LogP contribution in [-0.4, -0.2) is 38.7 Å². The molecule has 1 saturated heterocycles. The molecule has 2 rings (SSSR count). The third-order valence-corrected chi connectivity index (χ3v) is 7.10. The van der Waals surface area contributed by atoms with Crippen molar-refractivity contribution in [1.29, 1.82) is 0 Å². The summed E-state index contributed by atoms with van der Waals surface area (Å²) in [4.78, 5) is 3.04. The zero-order valence-electron chi connectivity index (χ0n) is 15.7. The highest BCUT2D eigenvalue weighted by atomic mass is 32.2. The van der Waals surface area contributed by atoms with Crippen molar-refractivity contribution in [2.45, 2.75) is 51.9 Å². The average molecular weight is 352 g/mol. The van der Waals surface area contributed by atoms with Crippen LogP contribution in [0.15, 0.2) is 29.2 Å². The molecule has 1 unspecified atom stereocenters. The van der Waals surface area contributed by atoms with Crippen LogP contribution in [0.25, 0.3) is 0 Å². The molecule has 0 radical (unpaired) electrons. The lowest BCUT2D eigenvalue weighted by Gasteiger charge is -2.35. The van der Waals surface area contributed by atoms with Crippen LogP contribution in [0.5, 0.6) is 0 Å². The lowest BCUT2D eigenvalue weighted by molar-refractivity contribution is 0.142.